The number of hydrogen-bond acceptors (Lipinski definition) is 9. The van der Waals surface area contributed by atoms with Gasteiger partial charge in [-0.25, -0.2) is 0 Å². The molecule has 8 rings (SSSR count). The lowest BCUT2D eigenvalue weighted by molar-refractivity contribution is -0.126. The molecular weight excluding hydrogens is 813 g/mol. The van der Waals surface area contributed by atoms with E-state index in [0.717, 1.165) is 59.0 Å². The zero-order valence-corrected chi connectivity index (χ0v) is 39.1. The third kappa shape index (κ3) is 9.72. The van der Waals surface area contributed by atoms with Crippen LogP contribution in [0.3, 0.4) is 0 Å². The smallest absolute Gasteiger partial charge is 0.318 e. The van der Waals surface area contributed by atoms with Crippen molar-refractivity contribution in [1.29, 1.82) is 0 Å². The van der Waals surface area contributed by atoms with Crippen molar-refractivity contribution in [1.82, 2.24) is 19.8 Å². The fraction of sp³-hybridized carbons (Fsp3) is 0.340. The van der Waals surface area contributed by atoms with Crippen molar-refractivity contribution >= 4 is 46.9 Å². The number of piperazine rings is 1. The number of aromatic nitrogens is 2. The van der Waals surface area contributed by atoms with Crippen molar-refractivity contribution in [3.63, 3.8) is 0 Å². The molecular formula is C53H62N6O4Si. The molecule has 332 valence electrons. The van der Waals surface area contributed by atoms with Gasteiger partial charge in [0, 0.05) is 62.0 Å². The number of carbonyl (C=O) groups is 1. The molecule has 5 aromatic carbocycles. The van der Waals surface area contributed by atoms with E-state index in [-0.39, 0.29) is 17.0 Å². The van der Waals surface area contributed by atoms with Gasteiger partial charge in [0.15, 0.2) is 0 Å². The molecule has 64 heavy (non-hydrogen) atoms. The van der Waals surface area contributed by atoms with E-state index in [4.69, 9.17) is 23.9 Å². The van der Waals surface area contributed by atoms with Crippen molar-refractivity contribution < 1.29 is 18.7 Å². The predicted molar refractivity (Wildman–Crippen MR) is 262 cm³/mol. The summed E-state index contributed by atoms with van der Waals surface area (Å²) >= 11 is 0. The molecule has 2 aliphatic rings. The number of hydrogen-bond donors (Lipinski definition) is 0. The average molecular weight is 875 g/mol. The monoisotopic (exact) mass is 874 g/mol. The molecule has 11 heteroatoms. The van der Waals surface area contributed by atoms with E-state index in [2.05, 4.69) is 151 Å². The maximum Gasteiger partial charge on any atom is 0.318 e. The maximum absolute atomic E-state index is 13.3. The summed E-state index contributed by atoms with van der Waals surface area (Å²) in [6.45, 7) is 16.0. The molecule has 1 aromatic heterocycles. The fourth-order valence-corrected chi connectivity index (χ4v) is 14.0. The Labute approximate surface area is 380 Å². The Morgan fingerprint density at radius 1 is 0.828 bits per heavy atom. The third-order valence-electron chi connectivity index (χ3n) is 12.6. The van der Waals surface area contributed by atoms with E-state index in [1.165, 1.54) is 21.8 Å². The summed E-state index contributed by atoms with van der Waals surface area (Å²) in [6, 6.07) is 44.9. The molecule has 0 saturated carbocycles. The van der Waals surface area contributed by atoms with E-state index in [0.29, 0.717) is 58.4 Å². The van der Waals surface area contributed by atoms with Crippen LogP contribution in [-0.2, 0) is 28.8 Å². The lowest BCUT2D eigenvalue weighted by Crippen LogP contribution is -2.67. The van der Waals surface area contributed by atoms with Crippen molar-refractivity contribution in [3.05, 3.63) is 157 Å². The van der Waals surface area contributed by atoms with Crippen molar-refractivity contribution in [2.24, 2.45) is 0 Å². The summed E-state index contributed by atoms with van der Waals surface area (Å²) < 4.78 is 20.2. The zero-order chi connectivity index (χ0) is 44.7. The minimum Gasteiger partial charge on any atom is -0.489 e. The van der Waals surface area contributed by atoms with Crippen molar-refractivity contribution in [2.45, 2.75) is 57.8 Å². The van der Waals surface area contributed by atoms with E-state index >= 15 is 0 Å². The van der Waals surface area contributed by atoms with Crippen LogP contribution >= 0.6 is 0 Å². The Hall–Kier alpha value is -6.01. The van der Waals surface area contributed by atoms with Crippen LogP contribution in [0.2, 0.25) is 5.04 Å². The van der Waals surface area contributed by atoms with Crippen LogP contribution < -0.4 is 29.6 Å². The van der Waals surface area contributed by atoms with E-state index in [9.17, 15) is 4.79 Å². The van der Waals surface area contributed by atoms with Gasteiger partial charge in [-0.05, 0) is 65.4 Å². The maximum atomic E-state index is 13.3. The Bertz CT molecular complexity index is 2480. The molecule has 0 N–H and O–H groups in total. The zero-order valence-electron chi connectivity index (χ0n) is 38.1. The SMILES string of the molecule is C=CC(=O)N1CCN(c2nc(OCCN(C)C)nc3c2CCN(c2cc(OCc4ccccc4)cc4ccccc24)C3)C(CCO[Si](c2ccccc2)(c2ccccc2)C(C)(C)C)C1. The number of rotatable bonds is 16. The second kappa shape index (κ2) is 19.8. The molecule has 6 aromatic rings. The van der Waals surface area contributed by atoms with Gasteiger partial charge in [0.2, 0.25) is 5.91 Å². The molecule has 0 radical (unpaired) electrons. The van der Waals surface area contributed by atoms with Gasteiger partial charge < -0.3 is 33.5 Å². The van der Waals surface area contributed by atoms with Crippen LogP contribution in [0.5, 0.6) is 11.8 Å². The summed E-state index contributed by atoms with van der Waals surface area (Å²) in [4.78, 5) is 32.5. The molecule has 1 atom stereocenters. The molecule has 1 saturated heterocycles. The number of fused-ring (bicyclic) bond motifs is 2. The van der Waals surface area contributed by atoms with Gasteiger partial charge in [-0.15, -0.1) is 0 Å². The summed E-state index contributed by atoms with van der Waals surface area (Å²) in [5.41, 5.74) is 4.30. The van der Waals surface area contributed by atoms with E-state index in [1.807, 2.05) is 37.2 Å². The topological polar surface area (TPSA) is 83.5 Å². The van der Waals surface area contributed by atoms with Gasteiger partial charge in [0.25, 0.3) is 8.32 Å². The number of benzene rings is 5. The largest absolute Gasteiger partial charge is 0.489 e. The Balaban J connectivity index is 1.13. The highest BCUT2D eigenvalue weighted by Crippen LogP contribution is 2.39. The Morgan fingerprint density at radius 3 is 2.17 bits per heavy atom. The van der Waals surface area contributed by atoms with E-state index in [1.54, 1.807) is 0 Å². The molecule has 0 aliphatic carbocycles. The number of nitrogens with zero attached hydrogens (tertiary/aromatic N) is 6. The Kier molecular flexibility index (Phi) is 13.8. The molecule has 0 bridgehead atoms. The number of anilines is 2. The average Bonchev–Trinajstić information content (AvgIpc) is 3.31. The number of amides is 1. The van der Waals surface area contributed by atoms with Gasteiger partial charge in [0.05, 0.1) is 18.3 Å². The van der Waals surface area contributed by atoms with Crippen LogP contribution in [0.25, 0.3) is 10.8 Å². The minimum atomic E-state index is -2.80. The molecule has 1 fully saturated rings. The second-order valence-corrected chi connectivity index (χ2v) is 22.5. The molecule has 2 aliphatic heterocycles. The first kappa shape index (κ1) is 44.6. The summed E-state index contributed by atoms with van der Waals surface area (Å²) in [5.74, 6) is 1.65. The first-order valence-electron chi connectivity index (χ1n) is 22.6. The quantitative estimate of drug-likeness (QED) is 0.0713. The second-order valence-electron chi connectivity index (χ2n) is 18.2. The predicted octanol–water partition coefficient (Wildman–Crippen LogP) is 7.88. The Morgan fingerprint density at radius 2 is 1.50 bits per heavy atom. The summed E-state index contributed by atoms with van der Waals surface area (Å²) in [7, 11) is 1.26. The molecule has 3 heterocycles. The highest BCUT2D eigenvalue weighted by atomic mass is 28.4. The number of carbonyl (C=O) groups excluding carboxylic acids is 1. The number of likely N-dealkylation sites (N-methyl/N-ethyl adjacent to an activating group) is 1. The highest BCUT2D eigenvalue weighted by Gasteiger charge is 2.50. The van der Waals surface area contributed by atoms with Crippen LogP contribution in [0.1, 0.15) is 44.0 Å². The van der Waals surface area contributed by atoms with Gasteiger partial charge in [-0.3, -0.25) is 4.79 Å². The molecule has 10 nitrogen and oxygen atoms in total. The van der Waals surface area contributed by atoms with Gasteiger partial charge in [-0.1, -0.05) is 143 Å². The van der Waals surface area contributed by atoms with Gasteiger partial charge in [-0.2, -0.15) is 9.97 Å². The fourth-order valence-electron chi connectivity index (χ4n) is 9.39. The normalized spacial score (nSPS) is 15.6. The molecule has 0 spiro atoms. The van der Waals surface area contributed by atoms with Crippen molar-refractivity contribution in [2.75, 3.05) is 69.8 Å². The van der Waals surface area contributed by atoms with Crippen molar-refractivity contribution in [3.8, 4) is 11.8 Å². The molecule has 1 unspecified atom stereocenters. The first-order chi connectivity index (χ1) is 31.0. The standard InChI is InChI=1S/C53H62N6O4Si/c1-7-50(60)58-30-31-59(42(37-58)28-33-63-64(53(2,3)4,44-22-13-9-14-23-44)45-24-15-10-16-25-45)51-47-27-29-57(38-48(47)54-52(55-51)61-34-32-56(5)6)49-36-43(35-41-21-17-18-26-46(41)49)62-39-40-19-11-8-12-20-40/h7-26,35-36,42H,1,27-34,37-39H2,2-6H3. The summed E-state index contributed by atoms with van der Waals surface area (Å²) in [5, 5.41) is 4.61. The number of ether oxygens (including phenoxy) is 2. The third-order valence-corrected chi connectivity index (χ3v) is 17.7. The summed E-state index contributed by atoms with van der Waals surface area (Å²) in [6.07, 6.45) is 2.85. The lowest BCUT2D eigenvalue weighted by Gasteiger charge is -2.45. The molecule has 1 amide bonds. The van der Waals surface area contributed by atoms with Crippen LogP contribution in [0.15, 0.2) is 140 Å². The lowest BCUT2D eigenvalue weighted by atomic mass is 10.00. The minimum absolute atomic E-state index is 0.0622. The first-order valence-corrected chi connectivity index (χ1v) is 24.5. The van der Waals surface area contributed by atoms with Crippen LogP contribution in [0, 0.1) is 0 Å². The highest BCUT2D eigenvalue weighted by molar-refractivity contribution is 6.99. The van der Waals surface area contributed by atoms with Gasteiger partial charge in [0.1, 0.15) is 24.8 Å². The van der Waals surface area contributed by atoms with Gasteiger partial charge >= 0.3 is 6.01 Å². The van der Waals surface area contributed by atoms with E-state index < -0.39 is 8.32 Å². The van der Waals surface area contributed by atoms with Crippen LogP contribution in [0.4, 0.5) is 11.5 Å². The van der Waals surface area contributed by atoms with Crippen LogP contribution in [-0.4, -0.2) is 100 Å².